The Labute approximate surface area is 86.3 Å². The molecule has 2 aromatic heterocycles. The van der Waals surface area contributed by atoms with Crippen molar-refractivity contribution in [3.05, 3.63) is 18.3 Å². The van der Waals surface area contributed by atoms with Crippen molar-refractivity contribution >= 4 is 27.6 Å². The standard InChI is InChI=1S/C9H12N4S/c10-4-2-6-12-9-8-7(14-13-9)3-1-5-11-8/h1,3,5H,2,4,6,10H2,(H,12,13). The molecule has 0 fully saturated rings. The van der Waals surface area contributed by atoms with E-state index in [1.54, 1.807) is 6.20 Å². The van der Waals surface area contributed by atoms with Crippen molar-refractivity contribution in [2.75, 3.05) is 18.4 Å². The molecule has 0 amide bonds. The zero-order valence-electron chi connectivity index (χ0n) is 7.73. The Morgan fingerprint density at radius 3 is 3.29 bits per heavy atom. The predicted molar refractivity (Wildman–Crippen MR) is 59.6 cm³/mol. The van der Waals surface area contributed by atoms with Crippen molar-refractivity contribution in [2.24, 2.45) is 5.73 Å². The molecule has 0 saturated carbocycles. The average Bonchev–Trinajstić information content (AvgIpc) is 2.63. The molecule has 5 heteroatoms. The summed E-state index contributed by atoms with van der Waals surface area (Å²) in [5.74, 6) is 0.874. The third-order valence-electron chi connectivity index (χ3n) is 1.90. The summed E-state index contributed by atoms with van der Waals surface area (Å²) in [6, 6.07) is 3.94. The summed E-state index contributed by atoms with van der Waals surface area (Å²) in [5, 5.41) is 3.23. The van der Waals surface area contributed by atoms with Gasteiger partial charge in [0, 0.05) is 12.7 Å². The highest BCUT2D eigenvalue weighted by Crippen LogP contribution is 2.23. The number of pyridine rings is 1. The first-order chi connectivity index (χ1) is 6.92. The van der Waals surface area contributed by atoms with Crippen LogP contribution in [0.3, 0.4) is 0 Å². The van der Waals surface area contributed by atoms with Gasteiger partial charge in [-0.25, -0.2) is 0 Å². The normalized spacial score (nSPS) is 10.6. The van der Waals surface area contributed by atoms with Gasteiger partial charge in [-0.15, -0.1) is 0 Å². The van der Waals surface area contributed by atoms with Crippen molar-refractivity contribution in [1.29, 1.82) is 0 Å². The van der Waals surface area contributed by atoms with Gasteiger partial charge in [0.15, 0.2) is 5.82 Å². The van der Waals surface area contributed by atoms with Gasteiger partial charge in [0.2, 0.25) is 0 Å². The molecule has 0 unspecified atom stereocenters. The Balaban J connectivity index is 2.17. The SMILES string of the molecule is NCCCNc1nsc2cccnc12. The van der Waals surface area contributed by atoms with Crippen LogP contribution in [0.2, 0.25) is 0 Å². The molecule has 0 atom stereocenters. The zero-order chi connectivity index (χ0) is 9.80. The second-order valence-corrected chi connectivity index (χ2v) is 3.76. The zero-order valence-corrected chi connectivity index (χ0v) is 8.55. The van der Waals surface area contributed by atoms with Crippen molar-refractivity contribution in [1.82, 2.24) is 9.36 Å². The minimum Gasteiger partial charge on any atom is -0.367 e. The fourth-order valence-electron chi connectivity index (χ4n) is 1.20. The Morgan fingerprint density at radius 1 is 1.50 bits per heavy atom. The first-order valence-corrected chi connectivity index (χ1v) is 5.33. The van der Waals surface area contributed by atoms with Crippen LogP contribution >= 0.6 is 11.5 Å². The highest BCUT2D eigenvalue weighted by molar-refractivity contribution is 7.13. The molecule has 0 bridgehead atoms. The Bertz CT molecular complexity index is 412. The maximum Gasteiger partial charge on any atom is 0.166 e. The maximum absolute atomic E-state index is 5.41. The quantitative estimate of drug-likeness (QED) is 0.746. The van der Waals surface area contributed by atoms with E-state index in [9.17, 15) is 0 Å². The fraction of sp³-hybridized carbons (Fsp3) is 0.333. The van der Waals surface area contributed by atoms with Gasteiger partial charge in [-0.3, -0.25) is 4.98 Å². The molecule has 0 aliphatic rings. The van der Waals surface area contributed by atoms with Gasteiger partial charge in [0.1, 0.15) is 5.52 Å². The van der Waals surface area contributed by atoms with Crippen LogP contribution in [0.4, 0.5) is 5.82 Å². The first kappa shape index (κ1) is 9.36. The van der Waals surface area contributed by atoms with E-state index in [4.69, 9.17) is 5.73 Å². The molecular formula is C9H12N4S. The van der Waals surface area contributed by atoms with E-state index in [0.717, 1.165) is 29.0 Å². The fourth-order valence-corrected chi connectivity index (χ4v) is 1.92. The predicted octanol–water partition coefficient (Wildman–Crippen LogP) is 1.45. The number of hydrogen-bond donors (Lipinski definition) is 2. The van der Waals surface area contributed by atoms with E-state index in [-0.39, 0.29) is 0 Å². The second kappa shape index (κ2) is 4.34. The van der Waals surface area contributed by atoms with Gasteiger partial charge in [0.05, 0.1) is 4.70 Å². The van der Waals surface area contributed by atoms with E-state index < -0.39 is 0 Å². The van der Waals surface area contributed by atoms with E-state index in [1.807, 2.05) is 12.1 Å². The number of hydrogen-bond acceptors (Lipinski definition) is 5. The number of aromatic nitrogens is 2. The highest BCUT2D eigenvalue weighted by Gasteiger charge is 2.04. The van der Waals surface area contributed by atoms with Gasteiger partial charge >= 0.3 is 0 Å². The summed E-state index contributed by atoms with van der Waals surface area (Å²) in [5.41, 5.74) is 6.36. The number of anilines is 1. The van der Waals surface area contributed by atoms with Gasteiger partial charge in [-0.05, 0) is 36.6 Å². The molecule has 0 aliphatic heterocycles. The number of nitrogens with two attached hydrogens (primary N) is 1. The van der Waals surface area contributed by atoms with Crippen molar-refractivity contribution in [2.45, 2.75) is 6.42 Å². The minimum absolute atomic E-state index is 0.697. The largest absolute Gasteiger partial charge is 0.367 e. The molecule has 0 saturated heterocycles. The topological polar surface area (TPSA) is 63.8 Å². The molecule has 74 valence electrons. The van der Waals surface area contributed by atoms with E-state index >= 15 is 0 Å². The van der Waals surface area contributed by atoms with Crippen molar-refractivity contribution in [3.8, 4) is 0 Å². The van der Waals surface area contributed by atoms with E-state index in [0.29, 0.717) is 6.54 Å². The molecule has 4 nitrogen and oxygen atoms in total. The summed E-state index contributed by atoms with van der Waals surface area (Å²) in [6.07, 6.45) is 2.73. The summed E-state index contributed by atoms with van der Waals surface area (Å²) in [4.78, 5) is 4.27. The molecule has 2 rings (SSSR count). The molecule has 3 N–H and O–H groups in total. The smallest absolute Gasteiger partial charge is 0.166 e. The van der Waals surface area contributed by atoms with E-state index in [1.165, 1.54) is 11.5 Å². The van der Waals surface area contributed by atoms with Crippen LogP contribution in [0.15, 0.2) is 18.3 Å². The third-order valence-corrected chi connectivity index (χ3v) is 2.70. The van der Waals surface area contributed by atoms with Crippen LogP contribution in [0.1, 0.15) is 6.42 Å². The number of nitrogens with one attached hydrogen (secondary N) is 1. The van der Waals surface area contributed by atoms with Crippen molar-refractivity contribution < 1.29 is 0 Å². The highest BCUT2D eigenvalue weighted by atomic mass is 32.1. The molecule has 2 aromatic rings. The number of rotatable bonds is 4. The first-order valence-electron chi connectivity index (χ1n) is 4.56. The second-order valence-electron chi connectivity index (χ2n) is 2.95. The van der Waals surface area contributed by atoms with Gasteiger partial charge in [-0.1, -0.05) is 0 Å². The van der Waals surface area contributed by atoms with Crippen molar-refractivity contribution in [3.63, 3.8) is 0 Å². The summed E-state index contributed by atoms with van der Waals surface area (Å²) < 4.78 is 5.41. The Hall–Kier alpha value is -1.20. The van der Waals surface area contributed by atoms with Crippen LogP contribution in [-0.2, 0) is 0 Å². The lowest BCUT2D eigenvalue weighted by Crippen LogP contribution is -2.08. The average molecular weight is 208 g/mol. The van der Waals surface area contributed by atoms with Crippen LogP contribution in [-0.4, -0.2) is 22.4 Å². The molecular weight excluding hydrogens is 196 g/mol. The molecule has 2 heterocycles. The third kappa shape index (κ3) is 1.83. The summed E-state index contributed by atoms with van der Waals surface area (Å²) in [7, 11) is 0. The molecule has 0 aliphatic carbocycles. The summed E-state index contributed by atoms with van der Waals surface area (Å²) in [6.45, 7) is 1.55. The van der Waals surface area contributed by atoms with Crippen LogP contribution in [0.5, 0.6) is 0 Å². The van der Waals surface area contributed by atoms with Gasteiger partial charge in [-0.2, -0.15) is 4.37 Å². The monoisotopic (exact) mass is 208 g/mol. The number of nitrogens with zero attached hydrogens (tertiary/aromatic N) is 2. The van der Waals surface area contributed by atoms with Gasteiger partial charge in [0.25, 0.3) is 0 Å². The van der Waals surface area contributed by atoms with Crippen LogP contribution in [0, 0.1) is 0 Å². The lowest BCUT2D eigenvalue weighted by atomic mass is 10.4. The molecule has 0 spiro atoms. The Kier molecular flexibility index (Phi) is 2.90. The maximum atomic E-state index is 5.41. The Morgan fingerprint density at radius 2 is 2.43 bits per heavy atom. The molecule has 0 radical (unpaired) electrons. The van der Waals surface area contributed by atoms with Crippen LogP contribution in [0.25, 0.3) is 10.2 Å². The summed E-state index contributed by atoms with van der Waals surface area (Å²) >= 11 is 1.47. The van der Waals surface area contributed by atoms with E-state index in [2.05, 4.69) is 14.7 Å². The molecule has 0 aromatic carbocycles. The minimum atomic E-state index is 0.697. The number of fused-ring (bicyclic) bond motifs is 1. The lowest BCUT2D eigenvalue weighted by Gasteiger charge is -2.00. The van der Waals surface area contributed by atoms with Gasteiger partial charge < -0.3 is 11.1 Å². The lowest BCUT2D eigenvalue weighted by molar-refractivity contribution is 0.872. The molecule has 14 heavy (non-hydrogen) atoms. The van der Waals surface area contributed by atoms with Crippen LogP contribution < -0.4 is 11.1 Å².